The summed E-state index contributed by atoms with van der Waals surface area (Å²) in [6.07, 6.45) is 0. The second kappa shape index (κ2) is 7.69. The highest BCUT2D eigenvalue weighted by Crippen LogP contribution is 2.30. The summed E-state index contributed by atoms with van der Waals surface area (Å²) in [5, 5.41) is -1.15. The molecule has 0 spiro atoms. The minimum absolute atomic E-state index is 0.163. The van der Waals surface area contributed by atoms with E-state index in [1.165, 1.54) is 20.3 Å². The molecule has 0 radical (unpaired) electrons. The van der Waals surface area contributed by atoms with Crippen molar-refractivity contribution in [3.8, 4) is 11.5 Å². The first-order valence-electron chi connectivity index (χ1n) is 7.31. The highest BCUT2D eigenvalue weighted by atomic mass is 32.2. The molecule has 1 aliphatic heterocycles. The molecule has 24 heavy (non-hydrogen) atoms. The van der Waals surface area contributed by atoms with Gasteiger partial charge in [-0.2, -0.15) is 0 Å². The van der Waals surface area contributed by atoms with Crippen LogP contribution in [-0.4, -0.2) is 47.1 Å². The molecule has 134 valence electrons. The fourth-order valence-corrected chi connectivity index (χ4v) is 3.82. The van der Waals surface area contributed by atoms with Crippen molar-refractivity contribution in [3.05, 3.63) is 18.2 Å². The number of benzene rings is 1. The van der Waals surface area contributed by atoms with Crippen LogP contribution in [0.25, 0.3) is 0 Å². The van der Waals surface area contributed by atoms with Crippen LogP contribution in [0, 0.1) is 5.92 Å². The van der Waals surface area contributed by atoms with Gasteiger partial charge >= 0.3 is 5.97 Å². The summed E-state index contributed by atoms with van der Waals surface area (Å²) in [6.45, 7) is 2.01. The summed E-state index contributed by atoms with van der Waals surface area (Å²) in [4.78, 5) is 11.9. The lowest BCUT2D eigenvalue weighted by molar-refractivity contribution is -0.147. The maximum atomic E-state index is 12.6. The van der Waals surface area contributed by atoms with Crippen LogP contribution in [0.1, 0.15) is 6.92 Å². The number of carbonyl (C=O) groups excluding carboxylic acids is 1. The lowest BCUT2D eigenvalue weighted by Crippen LogP contribution is -2.44. The van der Waals surface area contributed by atoms with E-state index in [1.807, 2.05) is 0 Å². The summed E-state index contributed by atoms with van der Waals surface area (Å²) >= 11 is 0. The molecule has 1 aromatic carbocycles. The van der Waals surface area contributed by atoms with Crippen molar-refractivity contribution >= 4 is 21.7 Å². The van der Waals surface area contributed by atoms with Crippen molar-refractivity contribution in [2.24, 2.45) is 5.92 Å². The summed E-state index contributed by atoms with van der Waals surface area (Å²) in [7, 11) is -0.951. The maximum absolute atomic E-state index is 12.6. The molecule has 3 N–H and O–H groups in total. The third-order valence-electron chi connectivity index (χ3n) is 3.50. The van der Waals surface area contributed by atoms with E-state index in [1.54, 1.807) is 19.1 Å². The molecule has 1 heterocycles. The van der Waals surface area contributed by atoms with Gasteiger partial charge in [0.1, 0.15) is 5.92 Å². The molecule has 2 rings (SSSR count). The molecule has 0 aliphatic carbocycles. The fraction of sp³-hybridized carbons (Fsp3) is 0.500. The van der Waals surface area contributed by atoms with Crippen molar-refractivity contribution in [1.82, 2.24) is 10.9 Å². The van der Waals surface area contributed by atoms with E-state index in [4.69, 9.17) is 14.2 Å². The van der Waals surface area contributed by atoms with Gasteiger partial charge in [0.25, 0.3) is 10.0 Å². The molecule has 10 heteroatoms. The number of nitrogens with one attached hydrogen (secondary N) is 3. The summed E-state index contributed by atoms with van der Waals surface area (Å²) in [5.41, 5.74) is 5.58. The Hall–Kier alpha value is -2.04. The Kier molecular flexibility index (Phi) is 5.86. The van der Waals surface area contributed by atoms with E-state index in [-0.39, 0.29) is 13.2 Å². The molecular weight excluding hydrogens is 338 g/mol. The average molecular weight is 359 g/mol. The van der Waals surface area contributed by atoms with Crippen LogP contribution in [0.15, 0.2) is 18.2 Å². The van der Waals surface area contributed by atoms with Crippen LogP contribution >= 0.6 is 0 Å². The molecule has 2 unspecified atom stereocenters. The minimum Gasteiger partial charge on any atom is -0.493 e. The molecule has 0 aromatic heterocycles. The van der Waals surface area contributed by atoms with E-state index in [2.05, 4.69) is 15.6 Å². The lowest BCUT2D eigenvalue weighted by Gasteiger charge is -2.19. The van der Waals surface area contributed by atoms with E-state index < -0.39 is 27.3 Å². The van der Waals surface area contributed by atoms with Gasteiger partial charge in [0.05, 0.1) is 26.5 Å². The van der Waals surface area contributed by atoms with Gasteiger partial charge in [-0.15, -0.1) is 0 Å². The highest BCUT2D eigenvalue weighted by Gasteiger charge is 2.42. The highest BCUT2D eigenvalue weighted by molar-refractivity contribution is 7.93. The molecule has 1 aliphatic rings. The SMILES string of the molecule is CCOC(=O)C1CNNC1S(=O)(=O)Nc1ccc(OC)c(OC)c1. The number of rotatable bonds is 7. The maximum Gasteiger partial charge on any atom is 0.313 e. The minimum atomic E-state index is -3.89. The van der Waals surface area contributed by atoms with E-state index >= 15 is 0 Å². The number of anilines is 1. The first kappa shape index (κ1) is 18.3. The molecular formula is C14H21N3O6S. The molecule has 1 saturated heterocycles. The van der Waals surface area contributed by atoms with Gasteiger partial charge < -0.3 is 14.2 Å². The second-order valence-corrected chi connectivity index (χ2v) is 6.82. The third kappa shape index (κ3) is 3.89. The van der Waals surface area contributed by atoms with Crippen LogP contribution in [0.5, 0.6) is 11.5 Å². The zero-order valence-corrected chi connectivity index (χ0v) is 14.5. The largest absolute Gasteiger partial charge is 0.493 e. The standard InChI is InChI=1S/C14H21N3O6S/c1-4-23-14(18)10-8-15-16-13(10)24(19,20)17-9-5-6-11(21-2)12(7-9)22-3/h5-7,10,13,15-17H,4,8H2,1-3H3. The molecule has 0 amide bonds. The number of sulfonamides is 1. The Labute approximate surface area is 140 Å². The molecule has 1 aromatic rings. The van der Waals surface area contributed by atoms with Crippen molar-refractivity contribution in [1.29, 1.82) is 0 Å². The molecule has 9 nitrogen and oxygen atoms in total. The van der Waals surface area contributed by atoms with Crippen LogP contribution in [-0.2, 0) is 19.6 Å². The third-order valence-corrected chi connectivity index (χ3v) is 5.13. The molecule has 0 saturated carbocycles. The fourth-order valence-electron chi connectivity index (χ4n) is 2.35. The number of hydrogen-bond acceptors (Lipinski definition) is 8. The Balaban J connectivity index is 2.20. The zero-order valence-electron chi connectivity index (χ0n) is 13.7. The average Bonchev–Trinajstić information content (AvgIpc) is 3.05. The zero-order chi connectivity index (χ0) is 17.7. The topological polar surface area (TPSA) is 115 Å². The normalized spacial score (nSPS) is 20.5. The predicted octanol–water partition coefficient (Wildman–Crippen LogP) is 0.0587. The van der Waals surface area contributed by atoms with Gasteiger partial charge in [-0.3, -0.25) is 14.9 Å². The van der Waals surface area contributed by atoms with Crippen molar-refractivity contribution in [2.45, 2.75) is 12.3 Å². The Morgan fingerprint density at radius 1 is 1.29 bits per heavy atom. The van der Waals surface area contributed by atoms with Crippen LogP contribution in [0.2, 0.25) is 0 Å². The van der Waals surface area contributed by atoms with Gasteiger partial charge in [-0.1, -0.05) is 0 Å². The Morgan fingerprint density at radius 3 is 2.62 bits per heavy atom. The lowest BCUT2D eigenvalue weighted by atomic mass is 10.2. The smallest absolute Gasteiger partial charge is 0.313 e. The second-order valence-electron chi connectivity index (χ2n) is 5.02. The Morgan fingerprint density at radius 2 is 2.00 bits per heavy atom. The number of methoxy groups -OCH3 is 2. The van der Waals surface area contributed by atoms with Gasteiger partial charge in [0.2, 0.25) is 0 Å². The summed E-state index contributed by atoms with van der Waals surface area (Å²) in [6, 6.07) is 4.62. The molecule has 0 bridgehead atoms. The molecule has 1 fully saturated rings. The summed E-state index contributed by atoms with van der Waals surface area (Å²) in [5.74, 6) is -0.553. The predicted molar refractivity (Wildman–Crippen MR) is 87.1 cm³/mol. The number of carbonyl (C=O) groups is 1. The Bertz CT molecular complexity index is 694. The van der Waals surface area contributed by atoms with E-state index in [9.17, 15) is 13.2 Å². The first-order chi connectivity index (χ1) is 11.4. The molecule has 2 atom stereocenters. The number of esters is 1. The first-order valence-corrected chi connectivity index (χ1v) is 8.86. The van der Waals surface area contributed by atoms with Crippen molar-refractivity contribution < 1.29 is 27.4 Å². The van der Waals surface area contributed by atoms with Gasteiger partial charge in [0, 0.05) is 12.6 Å². The van der Waals surface area contributed by atoms with Gasteiger partial charge in [-0.05, 0) is 19.1 Å². The van der Waals surface area contributed by atoms with Crippen LogP contribution in [0.4, 0.5) is 5.69 Å². The van der Waals surface area contributed by atoms with E-state index in [0.717, 1.165) is 0 Å². The number of ether oxygens (including phenoxy) is 3. The van der Waals surface area contributed by atoms with Crippen molar-refractivity contribution in [3.63, 3.8) is 0 Å². The number of hydrogen-bond donors (Lipinski definition) is 3. The van der Waals surface area contributed by atoms with Crippen LogP contribution < -0.4 is 25.0 Å². The monoisotopic (exact) mass is 359 g/mol. The quantitative estimate of drug-likeness (QED) is 0.586. The van der Waals surface area contributed by atoms with E-state index in [0.29, 0.717) is 17.2 Å². The van der Waals surface area contributed by atoms with Crippen LogP contribution in [0.3, 0.4) is 0 Å². The van der Waals surface area contributed by atoms with Gasteiger partial charge in [-0.25, -0.2) is 13.8 Å². The summed E-state index contributed by atoms with van der Waals surface area (Å²) < 4.78 is 42.8. The number of hydrazine groups is 1. The van der Waals surface area contributed by atoms with Gasteiger partial charge in [0.15, 0.2) is 16.9 Å². The van der Waals surface area contributed by atoms with Crippen molar-refractivity contribution in [2.75, 3.05) is 32.1 Å².